The van der Waals surface area contributed by atoms with Crippen LogP contribution in [0.2, 0.25) is 0 Å². The van der Waals surface area contributed by atoms with Crippen molar-refractivity contribution in [2.45, 2.75) is 50.1 Å². The van der Waals surface area contributed by atoms with Crippen molar-refractivity contribution in [1.29, 1.82) is 0 Å². The summed E-state index contributed by atoms with van der Waals surface area (Å²) < 4.78 is 5.62. The predicted molar refractivity (Wildman–Crippen MR) is 131 cm³/mol. The molecule has 172 valence electrons. The minimum Gasteiger partial charge on any atom is -0.377 e. The lowest BCUT2D eigenvalue weighted by Crippen LogP contribution is -2.77. The molecule has 0 spiro atoms. The predicted octanol–water partition coefficient (Wildman–Crippen LogP) is 3.09. The maximum absolute atomic E-state index is 13.4. The van der Waals surface area contributed by atoms with Gasteiger partial charge in [0.2, 0.25) is 5.91 Å². The van der Waals surface area contributed by atoms with Crippen LogP contribution in [0.3, 0.4) is 0 Å². The van der Waals surface area contributed by atoms with Crippen LogP contribution in [0, 0.1) is 5.92 Å². The van der Waals surface area contributed by atoms with Crippen LogP contribution in [0.25, 0.3) is 10.2 Å². The van der Waals surface area contributed by atoms with E-state index in [1.54, 1.807) is 29.6 Å². The Labute approximate surface area is 200 Å². The Balaban J connectivity index is 1.28. The summed E-state index contributed by atoms with van der Waals surface area (Å²) >= 11 is 3.39. The molecule has 1 amide bonds. The largest absolute Gasteiger partial charge is 0.377 e. The number of rotatable bonds is 3. The van der Waals surface area contributed by atoms with Crippen molar-refractivity contribution in [3.05, 3.63) is 35.0 Å². The summed E-state index contributed by atoms with van der Waals surface area (Å²) in [6.07, 6.45) is 4.14. The quantitative estimate of drug-likeness (QED) is 0.389. The lowest BCUT2D eigenvalue weighted by Gasteiger charge is -2.41. The maximum atomic E-state index is 13.4. The van der Waals surface area contributed by atoms with Crippen LogP contribution in [0.4, 0.5) is 17.2 Å². The van der Waals surface area contributed by atoms with Gasteiger partial charge in [0.05, 0.1) is 35.6 Å². The number of aryl methyl sites for hydroxylation is 1. The number of amides is 1. The number of nitrogens with two attached hydrogens (primary N) is 1. The Kier molecular flexibility index (Phi) is 5.40. The summed E-state index contributed by atoms with van der Waals surface area (Å²) in [5.41, 5.74) is 6.69. The molecule has 10 heteroatoms. The number of carbonyl (C=O) groups excluding carboxylic acids is 1. The number of fused-ring (bicyclic) bond motifs is 4. The van der Waals surface area contributed by atoms with E-state index >= 15 is 0 Å². The number of ether oxygens (including phenoxy) is 1. The first-order valence-corrected chi connectivity index (χ1v) is 13.1. The SMILES string of the molecule is C[C@@H]1COC[C@H](C)N1C(=O)[C@H]1CCc2c(sc3ncnc(Nc4ccc5c(c4)S[NH2+]N5)c23)C1. The molecule has 0 unspecified atom stereocenters. The van der Waals surface area contributed by atoms with Crippen LogP contribution in [-0.4, -0.2) is 46.1 Å². The highest BCUT2D eigenvalue weighted by molar-refractivity contribution is 7.93. The summed E-state index contributed by atoms with van der Waals surface area (Å²) in [5, 5.41) is 4.63. The number of carbonyl (C=O) groups is 1. The van der Waals surface area contributed by atoms with E-state index in [2.05, 4.69) is 57.7 Å². The van der Waals surface area contributed by atoms with Crippen LogP contribution in [0.1, 0.15) is 30.7 Å². The Morgan fingerprint density at radius 3 is 2.97 bits per heavy atom. The Bertz CT molecular complexity index is 1220. The minimum atomic E-state index is 0.0235. The molecule has 0 radical (unpaired) electrons. The van der Waals surface area contributed by atoms with Crippen molar-refractivity contribution >= 4 is 56.6 Å². The Morgan fingerprint density at radius 2 is 2.12 bits per heavy atom. The number of nitrogens with zero attached hydrogens (tertiary/aromatic N) is 3. The zero-order chi connectivity index (χ0) is 22.5. The molecule has 1 aliphatic carbocycles. The number of aromatic nitrogens is 2. The molecule has 33 heavy (non-hydrogen) atoms. The maximum Gasteiger partial charge on any atom is 0.226 e. The van der Waals surface area contributed by atoms with Crippen molar-refractivity contribution in [3.63, 3.8) is 0 Å². The van der Waals surface area contributed by atoms with Gasteiger partial charge in [-0.15, -0.1) is 11.3 Å². The summed E-state index contributed by atoms with van der Waals surface area (Å²) in [6.45, 7) is 5.41. The smallest absolute Gasteiger partial charge is 0.226 e. The van der Waals surface area contributed by atoms with Crippen molar-refractivity contribution in [2.24, 2.45) is 5.92 Å². The molecular weight excluding hydrogens is 456 g/mol. The average Bonchev–Trinajstić information content (AvgIpc) is 3.42. The molecule has 6 rings (SSSR count). The van der Waals surface area contributed by atoms with Crippen LogP contribution >= 0.6 is 23.3 Å². The van der Waals surface area contributed by atoms with Gasteiger partial charge in [0.15, 0.2) is 0 Å². The van der Waals surface area contributed by atoms with E-state index in [1.165, 1.54) is 15.3 Å². The number of quaternary nitrogens is 1. The van der Waals surface area contributed by atoms with E-state index in [4.69, 9.17) is 4.74 Å². The van der Waals surface area contributed by atoms with Crippen molar-refractivity contribution in [3.8, 4) is 0 Å². The van der Waals surface area contributed by atoms with Crippen LogP contribution in [0.5, 0.6) is 0 Å². The first-order chi connectivity index (χ1) is 16.1. The van der Waals surface area contributed by atoms with Gasteiger partial charge in [0.1, 0.15) is 34.6 Å². The summed E-state index contributed by atoms with van der Waals surface area (Å²) in [5.74, 6) is 1.14. The highest BCUT2D eigenvalue weighted by Crippen LogP contribution is 2.41. The Hall–Kier alpha value is -2.40. The second kappa shape index (κ2) is 8.43. The molecule has 3 aliphatic rings. The molecule has 4 heterocycles. The summed E-state index contributed by atoms with van der Waals surface area (Å²) in [6, 6.07) is 6.55. The third kappa shape index (κ3) is 3.74. The van der Waals surface area contributed by atoms with E-state index in [0.29, 0.717) is 13.2 Å². The fourth-order valence-electron chi connectivity index (χ4n) is 5.18. The Morgan fingerprint density at radius 1 is 1.27 bits per heavy atom. The third-order valence-electron chi connectivity index (χ3n) is 6.76. The van der Waals surface area contributed by atoms with Gasteiger partial charge < -0.3 is 15.0 Å². The van der Waals surface area contributed by atoms with Crippen LogP contribution in [0.15, 0.2) is 29.4 Å². The summed E-state index contributed by atoms with van der Waals surface area (Å²) in [4.78, 5) is 30.1. The number of thiophene rings is 1. The molecule has 1 aromatic carbocycles. The third-order valence-corrected chi connectivity index (χ3v) is 8.75. The van der Waals surface area contributed by atoms with Gasteiger partial charge in [-0.3, -0.25) is 4.79 Å². The van der Waals surface area contributed by atoms with E-state index < -0.39 is 0 Å². The minimum absolute atomic E-state index is 0.0235. The molecule has 3 aromatic rings. The molecule has 2 aromatic heterocycles. The molecule has 3 atom stereocenters. The first kappa shape index (κ1) is 21.2. The number of nitrogen functional groups attached to an aromatic ring is 1. The molecule has 1 fully saturated rings. The van der Waals surface area contributed by atoms with Gasteiger partial charge in [-0.1, -0.05) is 0 Å². The monoisotopic (exact) mass is 483 g/mol. The first-order valence-electron chi connectivity index (χ1n) is 11.4. The van der Waals surface area contributed by atoms with Crippen molar-refractivity contribution in [2.75, 3.05) is 24.0 Å². The second-order valence-electron chi connectivity index (χ2n) is 9.04. The number of hydrogen-bond donors (Lipinski definition) is 3. The fourth-order valence-corrected chi connectivity index (χ4v) is 7.20. The summed E-state index contributed by atoms with van der Waals surface area (Å²) in [7, 11) is 0. The zero-order valence-electron chi connectivity index (χ0n) is 18.6. The standard InChI is InChI=1S/C23H26N6O2S2/c1-12-9-31-10-13(2)29(12)23(30)14-3-5-16-18(7-14)32-22-20(16)21(24-11-25-22)26-15-4-6-17-19(8-15)33-28-27-17/h4,6,8,11-14,27-28H,3,5,7,9-10H2,1-2H3,(H,24,25,26)/p+1/t12-,13+,14-/m0/s1. The topological polar surface area (TPSA) is 96.0 Å². The van der Waals surface area contributed by atoms with Crippen LogP contribution < -0.4 is 15.6 Å². The lowest BCUT2D eigenvalue weighted by atomic mass is 9.86. The van der Waals surface area contributed by atoms with Gasteiger partial charge in [-0.2, -0.15) is 4.83 Å². The second-order valence-corrected chi connectivity index (χ2v) is 11.0. The van der Waals surface area contributed by atoms with E-state index in [1.807, 2.05) is 4.83 Å². The molecule has 1 saturated heterocycles. The van der Waals surface area contributed by atoms with E-state index in [9.17, 15) is 4.79 Å². The molecular formula is C23H27N6O2S2+. The molecule has 8 nitrogen and oxygen atoms in total. The normalized spacial score (nSPS) is 24.3. The molecule has 2 aliphatic heterocycles. The van der Waals surface area contributed by atoms with Crippen molar-refractivity contribution in [1.82, 2.24) is 14.9 Å². The van der Waals surface area contributed by atoms with Gasteiger partial charge >= 0.3 is 0 Å². The number of nitrogens with one attached hydrogen (secondary N) is 2. The van der Waals surface area contributed by atoms with E-state index in [-0.39, 0.29) is 23.9 Å². The van der Waals surface area contributed by atoms with Gasteiger partial charge in [0, 0.05) is 16.5 Å². The molecule has 0 saturated carbocycles. The number of benzene rings is 1. The number of morpholine rings is 1. The zero-order valence-corrected chi connectivity index (χ0v) is 20.3. The van der Waals surface area contributed by atoms with Gasteiger partial charge in [0.25, 0.3) is 0 Å². The highest BCUT2D eigenvalue weighted by Gasteiger charge is 2.36. The number of hydrogen-bond acceptors (Lipinski definition) is 8. The fraction of sp³-hybridized carbons (Fsp3) is 0.435. The van der Waals surface area contributed by atoms with Gasteiger partial charge in [-0.25, -0.2) is 15.4 Å². The average molecular weight is 484 g/mol. The van der Waals surface area contributed by atoms with Crippen LogP contribution in [-0.2, 0) is 22.4 Å². The lowest BCUT2D eigenvalue weighted by molar-refractivity contribution is -0.438. The highest BCUT2D eigenvalue weighted by atomic mass is 32.2. The number of anilines is 3. The van der Waals surface area contributed by atoms with Gasteiger partial charge in [-0.05, 0) is 56.9 Å². The molecule has 4 N–H and O–H groups in total. The molecule has 0 bridgehead atoms. The van der Waals surface area contributed by atoms with E-state index in [0.717, 1.165) is 46.7 Å². The van der Waals surface area contributed by atoms with Crippen molar-refractivity contribution < 1.29 is 14.4 Å².